The summed E-state index contributed by atoms with van der Waals surface area (Å²) >= 11 is 0. The summed E-state index contributed by atoms with van der Waals surface area (Å²) in [4.78, 5) is 26.7. The average molecular weight is 1210 g/mol. The van der Waals surface area contributed by atoms with Crippen molar-refractivity contribution in [3.8, 4) is 0 Å². The third-order valence-corrected chi connectivity index (χ3v) is 16.6. The highest BCUT2D eigenvalue weighted by molar-refractivity contribution is 5.80. The van der Waals surface area contributed by atoms with Crippen molar-refractivity contribution in [2.24, 2.45) is 0 Å². The molecule has 1 saturated heterocycles. The van der Waals surface area contributed by atoms with Crippen molar-refractivity contribution in [3.63, 3.8) is 0 Å². The predicted octanol–water partition coefficient (Wildman–Crippen LogP) is 18.5. The van der Waals surface area contributed by atoms with Crippen LogP contribution in [0, 0.1) is 0 Å². The number of aliphatic hydroxyl groups excluding tert-OH is 5. The Labute approximate surface area is 527 Å². The zero-order chi connectivity index (χ0) is 62.4. The molecule has 11 nitrogen and oxygen atoms in total. The van der Waals surface area contributed by atoms with Gasteiger partial charge in [-0.05, 0) is 77.0 Å². The Morgan fingerprint density at radius 1 is 0.465 bits per heavy atom. The number of allylic oxidation sites excluding steroid dienone is 13. The molecule has 0 aromatic carbocycles. The Bertz CT molecular complexity index is 1720. The molecule has 1 aliphatic heterocycles. The molecule has 0 aromatic heterocycles. The molecule has 1 amide bonds. The van der Waals surface area contributed by atoms with E-state index in [0.717, 1.165) is 116 Å². The maximum atomic E-state index is 13.5. The highest BCUT2D eigenvalue weighted by Crippen LogP contribution is 2.26. The monoisotopic (exact) mass is 1210 g/mol. The van der Waals surface area contributed by atoms with E-state index in [0.29, 0.717) is 12.8 Å². The lowest BCUT2D eigenvalue weighted by Gasteiger charge is -2.41. The molecule has 8 unspecified atom stereocenters. The third-order valence-electron chi connectivity index (χ3n) is 16.6. The van der Waals surface area contributed by atoms with E-state index in [-0.39, 0.29) is 19.4 Å². The molecule has 1 aliphatic rings. The summed E-state index contributed by atoms with van der Waals surface area (Å²) in [7, 11) is 0. The highest BCUT2D eigenvalue weighted by atomic mass is 16.7. The summed E-state index contributed by atoms with van der Waals surface area (Å²) in [5.74, 6) is -1.20. The van der Waals surface area contributed by atoms with E-state index in [1.807, 2.05) is 6.08 Å². The molecule has 498 valence electrons. The number of carbonyl (C=O) groups is 2. The molecule has 0 saturated carbocycles. The third kappa shape index (κ3) is 48.7. The first-order valence-corrected chi connectivity index (χ1v) is 35.9. The van der Waals surface area contributed by atoms with Crippen LogP contribution in [0.3, 0.4) is 0 Å². The van der Waals surface area contributed by atoms with E-state index in [1.165, 1.54) is 154 Å². The van der Waals surface area contributed by atoms with E-state index in [4.69, 9.17) is 14.2 Å². The SMILES string of the molecule is CC/C=C\C/C=C\C/C=C\C/C=C\C/C=C\C/C=C\CCCCCCCCCC(O)C(=O)NC(COC1OC(CO)C(O)C(O)C1OC(=O)CCCCCCCCCCCCCCCCCCCCC)C(O)/C=C/CCCCCCCCCCCC. The van der Waals surface area contributed by atoms with Gasteiger partial charge < -0.3 is 45.1 Å². The fourth-order valence-electron chi connectivity index (χ4n) is 11.0. The maximum Gasteiger partial charge on any atom is 0.306 e. The number of amides is 1. The molecule has 1 rings (SSSR count). The number of rotatable bonds is 61. The van der Waals surface area contributed by atoms with Crippen molar-refractivity contribution in [1.29, 1.82) is 0 Å². The number of aliphatic hydroxyl groups is 5. The molecule has 8 atom stereocenters. The quantitative estimate of drug-likeness (QED) is 0.0195. The second-order valence-corrected chi connectivity index (χ2v) is 24.6. The van der Waals surface area contributed by atoms with Gasteiger partial charge in [0.1, 0.15) is 24.4 Å². The van der Waals surface area contributed by atoms with Gasteiger partial charge in [0.2, 0.25) is 5.91 Å². The van der Waals surface area contributed by atoms with Gasteiger partial charge >= 0.3 is 5.97 Å². The summed E-state index contributed by atoms with van der Waals surface area (Å²) in [6.07, 6.45) is 71.9. The smallest absolute Gasteiger partial charge is 0.306 e. The first kappa shape index (κ1) is 80.9. The van der Waals surface area contributed by atoms with Crippen molar-refractivity contribution >= 4 is 11.9 Å². The standard InChI is InChI=1S/C75H133NO10/c1-4-7-10-13-16-19-22-25-27-29-31-32-33-34-35-36-37-39-40-42-44-47-50-53-56-59-62-68(79)74(83)76-66(67(78)61-58-55-52-49-46-24-21-18-15-12-9-6-3)65-84-75-73(72(82)71(81)69(64-77)85-75)86-70(80)63-60-57-54-51-48-45-43-41-38-30-28-26-23-20-17-14-11-8-5-2/h7,10,16,19,25,27,31-32,34-35,37,39,58,61,66-69,71-73,75,77-79,81-82H,4-6,8-9,11-15,17-18,20-24,26,28-30,33,36,38,40-57,59-60,62-65H2,1-3H3,(H,76,83)/b10-7-,19-16-,27-25-,32-31-,35-34-,39-37-,61-58+. The molecule has 0 aromatic rings. The minimum Gasteiger partial charge on any atom is -0.454 e. The van der Waals surface area contributed by atoms with E-state index < -0.39 is 67.4 Å². The molecule has 0 radical (unpaired) electrons. The number of hydrogen-bond acceptors (Lipinski definition) is 10. The summed E-state index contributed by atoms with van der Waals surface area (Å²) in [6, 6.07) is -1.03. The molecular formula is C75H133NO10. The van der Waals surface area contributed by atoms with E-state index in [1.54, 1.807) is 6.08 Å². The van der Waals surface area contributed by atoms with Crippen LogP contribution in [0.1, 0.15) is 316 Å². The van der Waals surface area contributed by atoms with Crippen molar-refractivity contribution in [2.75, 3.05) is 13.2 Å². The predicted molar refractivity (Wildman–Crippen MR) is 361 cm³/mol. The number of ether oxygens (including phenoxy) is 3. The Morgan fingerprint density at radius 2 is 0.837 bits per heavy atom. The Balaban J connectivity index is 2.58. The molecule has 6 N–H and O–H groups in total. The Hall–Kier alpha value is -3.16. The number of nitrogens with one attached hydrogen (secondary N) is 1. The van der Waals surface area contributed by atoms with Gasteiger partial charge in [-0.15, -0.1) is 0 Å². The van der Waals surface area contributed by atoms with Crippen LogP contribution in [0.2, 0.25) is 0 Å². The van der Waals surface area contributed by atoms with Crippen LogP contribution < -0.4 is 5.32 Å². The topological polar surface area (TPSA) is 175 Å². The maximum absolute atomic E-state index is 13.5. The average Bonchev–Trinajstić information content (AvgIpc) is 3.68. The second kappa shape index (κ2) is 62.1. The van der Waals surface area contributed by atoms with Gasteiger partial charge in [-0.2, -0.15) is 0 Å². The zero-order valence-corrected chi connectivity index (χ0v) is 55.4. The lowest BCUT2D eigenvalue weighted by atomic mass is 9.99. The summed E-state index contributed by atoms with van der Waals surface area (Å²) in [5.41, 5.74) is 0. The van der Waals surface area contributed by atoms with Gasteiger partial charge in [0.15, 0.2) is 12.4 Å². The molecule has 0 bridgehead atoms. The molecule has 1 fully saturated rings. The first-order valence-electron chi connectivity index (χ1n) is 35.9. The summed E-state index contributed by atoms with van der Waals surface area (Å²) in [5, 5.41) is 57.2. The van der Waals surface area contributed by atoms with Gasteiger partial charge in [0.25, 0.3) is 0 Å². The molecule has 0 aliphatic carbocycles. The van der Waals surface area contributed by atoms with Crippen LogP contribution >= 0.6 is 0 Å². The van der Waals surface area contributed by atoms with Crippen molar-refractivity contribution in [3.05, 3.63) is 85.1 Å². The minimum atomic E-state index is -1.62. The largest absolute Gasteiger partial charge is 0.454 e. The summed E-state index contributed by atoms with van der Waals surface area (Å²) in [6.45, 7) is 5.71. The lowest BCUT2D eigenvalue weighted by molar-refractivity contribution is -0.305. The second-order valence-electron chi connectivity index (χ2n) is 24.6. The molecular weight excluding hydrogens is 1070 g/mol. The zero-order valence-electron chi connectivity index (χ0n) is 55.4. The fraction of sp³-hybridized carbons (Fsp3) is 0.787. The fourth-order valence-corrected chi connectivity index (χ4v) is 11.0. The lowest BCUT2D eigenvalue weighted by Crippen LogP contribution is -2.61. The minimum absolute atomic E-state index is 0.124. The van der Waals surface area contributed by atoms with Crippen LogP contribution in [0.5, 0.6) is 0 Å². The van der Waals surface area contributed by atoms with E-state index in [9.17, 15) is 35.1 Å². The van der Waals surface area contributed by atoms with Crippen LogP contribution in [0.25, 0.3) is 0 Å². The van der Waals surface area contributed by atoms with Crippen LogP contribution in [-0.4, -0.2) is 99.6 Å². The van der Waals surface area contributed by atoms with Crippen LogP contribution in [0.4, 0.5) is 0 Å². The van der Waals surface area contributed by atoms with Gasteiger partial charge in [0, 0.05) is 6.42 Å². The van der Waals surface area contributed by atoms with Gasteiger partial charge in [-0.1, -0.05) is 318 Å². The van der Waals surface area contributed by atoms with Crippen molar-refractivity contribution in [1.82, 2.24) is 5.32 Å². The Kier molecular flexibility index (Phi) is 58.3. The van der Waals surface area contributed by atoms with Gasteiger partial charge in [0.05, 0.1) is 25.4 Å². The molecule has 1 heterocycles. The van der Waals surface area contributed by atoms with E-state index in [2.05, 4.69) is 99.0 Å². The van der Waals surface area contributed by atoms with Crippen LogP contribution in [0.15, 0.2) is 85.1 Å². The summed E-state index contributed by atoms with van der Waals surface area (Å²) < 4.78 is 17.7. The number of carbonyl (C=O) groups excluding carboxylic acids is 2. The normalized spacial score (nSPS) is 18.8. The molecule has 86 heavy (non-hydrogen) atoms. The van der Waals surface area contributed by atoms with Crippen molar-refractivity contribution < 1.29 is 49.3 Å². The number of hydrogen-bond donors (Lipinski definition) is 6. The van der Waals surface area contributed by atoms with Crippen molar-refractivity contribution in [2.45, 2.75) is 365 Å². The highest BCUT2D eigenvalue weighted by Gasteiger charge is 2.47. The van der Waals surface area contributed by atoms with E-state index >= 15 is 0 Å². The van der Waals surface area contributed by atoms with Gasteiger partial charge in [-0.3, -0.25) is 9.59 Å². The van der Waals surface area contributed by atoms with Crippen LogP contribution in [-0.2, 0) is 23.8 Å². The molecule has 11 heteroatoms. The number of unbranched alkanes of at least 4 members (excludes halogenated alkanes) is 35. The Morgan fingerprint density at radius 3 is 1.26 bits per heavy atom. The first-order chi connectivity index (χ1) is 42.2. The van der Waals surface area contributed by atoms with Gasteiger partial charge in [-0.25, -0.2) is 0 Å². The molecule has 0 spiro atoms. The number of esters is 1.